The van der Waals surface area contributed by atoms with Gasteiger partial charge < -0.3 is 0 Å². The molecule has 0 N–H and O–H groups in total. The van der Waals surface area contributed by atoms with Crippen LogP contribution in [0.3, 0.4) is 0 Å². The monoisotopic (exact) mass is 1060 g/mol. The molecule has 0 aromatic heterocycles. The molecular formula is C49H19BF20O2S. The molecule has 24 heteroatoms. The van der Waals surface area contributed by atoms with Crippen molar-refractivity contribution in [2.45, 2.75) is 0 Å². The second-order valence-corrected chi connectivity index (χ2v) is 18.2. The van der Waals surface area contributed by atoms with Gasteiger partial charge in [0, 0.05) is 11.1 Å². The van der Waals surface area contributed by atoms with Crippen molar-refractivity contribution in [2.24, 2.45) is 0 Å². The van der Waals surface area contributed by atoms with Crippen molar-refractivity contribution in [3.8, 4) is 11.2 Å². The second kappa shape index (κ2) is 19.7. The molecule has 0 heterocycles. The topological polar surface area (TPSA) is 34.1 Å². The van der Waals surface area contributed by atoms with Gasteiger partial charge in [-0.05, 0) is 45.7 Å². The Labute approximate surface area is 396 Å². The molecule has 73 heavy (non-hydrogen) atoms. The number of carbonyl (C=O) groups is 1. The van der Waals surface area contributed by atoms with Crippen molar-refractivity contribution in [1.82, 2.24) is 0 Å². The van der Waals surface area contributed by atoms with E-state index in [0.29, 0.717) is 5.56 Å². The van der Waals surface area contributed by atoms with Crippen molar-refractivity contribution in [2.75, 3.05) is 12.0 Å². The first kappa shape index (κ1) is 53.1. The van der Waals surface area contributed by atoms with Gasteiger partial charge in [-0.2, -0.15) is 0 Å². The van der Waals surface area contributed by atoms with Crippen molar-refractivity contribution in [3.63, 3.8) is 0 Å². The Morgan fingerprint density at radius 1 is 0.397 bits per heavy atom. The van der Waals surface area contributed by atoms with Gasteiger partial charge in [-0.15, -0.1) is 21.9 Å². The van der Waals surface area contributed by atoms with Gasteiger partial charge in [0.2, 0.25) is 5.78 Å². The Morgan fingerprint density at radius 2 is 0.658 bits per heavy atom. The van der Waals surface area contributed by atoms with Crippen LogP contribution in [0.5, 0.6) is 0 Å². The number of halogens is 20. The number of benzene rings is 8. The van der Waals surface area contributed by atoms with Gasteiger partial charge >= 0.3 is 0 Å². The van der Waals surface area contributed by atoms with Crippen molar-refractivity contribution >= 4 is 65.3 Å². The quantitative estimate of drug-likeness (QED) is 0.0233. The summed E-state index contributed by atoms with van der Waals surface area (Å²) in [6.07, 6.45) is -5.65. The molecule has 0 aliphatic heterocycles. The molecule has 0 saturated carbocycles. The lowest BCUT2D eigenvalue weighted by Crippen LogP contribution is -2.81. The summed E-state index contributed by atoms with van der Waals surface area (Å²) in [5.74, 6) is -68.7. The normalized spacial score (nSPS) is 12.3. The van der Waals surface area contributed by atoms with E-state index in [0.717, 1.165) is 27.1 Å². The standard InChI is InChI=1S/C25H19O2S.C24BF20/c1-28(27,16-15-19-9-3-2-4-10-19)18-24(26)25-22-13-7-5-11-20(22)17-21-12-6-8-14-23(21)25;26-5-1(6(27)14(35)21(42)13(5)34)25(2-7(28)15(36)22(43)16(37)8(2)29,3-9(30)17(38)23(44)18(39)10(3)31)4-11(32)19(40)24(45)20(41)12(4)33/h2-14,17H,18H2,1H3;/q+1;-1. The zero-order chi connectivity index (χ0) is 53.9. The van der Waals surface area contributed by atoms with Crippen molar-refractivity contribution < 1.29 is 96.8 Å². The molecule has 1 unspecified atom stereocenters. The number of ketones is 1. The fourth-order valence-corrected chi connectivity index (χ4v) is 9.29. The maximum absolute atomic E-state index is 15.4. The summed E-state index contributed by atoms with van der Waals surface area (Å²) in [6, 6.07) is 27.1. The third-order valence-corrected chi connectivity index (χ3v) is 12.7. The summed E-state index contributed by atoms with van der Waals surface area (Å²) < 4.78 is 307. The molecule has 8 aromatic rings. The molecule has 0 fully saturated rings. The molecule has 1 atom stereocenters. The molecular weight excluding hydrogens is 1040 g/mol. The maximum Gasteiger partial charge on any atom is 0.214 e. The molecule has 2 nitrogen and oxygen atoms in total. The lowest BCUT2D eigenvalue weighted by Gasteiger charge is -2.44. The van der Waals surface area contributed by atoms with Gasteiger partial charge in [0.05, 0.1) is 0 Å². The Bertz CT molecular complexity index is 3310. The summed E-state index contributed by atoms with van der Waals surface area (Å²) in [5.41, 5.74) is -12.9. The predicted molar refractivity (Wildman–Crippen MR) is 227 cm³/mol. The number of Topliss-reactive ketones (excluding diaryl/α,β-unsaturated/α-hetero) is 1. The minimum absolute atomic E-state index is 0.0924. The van der Waals surface area contributed by atoms with Crippen LogP contribution in [0.2, 0.25) is 0 Å². The molecule has 0 radical (unpaired) electrons. The lowest BCUT2D eigenvalue weighted by molar-refractivity contribution is 0.102. The highest BCUT2D eigenvalue weighted by molar-refractivity contribution is 8.07. The fourth-order valence-electron chi connectivity index (χ4n) is 8.24. The van der Waals surface area contributed by atoms with Crippen molar-refractivity contribution in [1.29, 1.82) is 0 Å². The Hall–Kier alpha value is -7.68. The van der Waals surface area contributed by atoms with Crippen LogP contribution in [0.15, 0.2) is 84.9 Å². The van der Waals surface area contributed by atoms with Crippen LogP contribution in [0.1, 0.15) is 15.9 Å². The van der Waals surface area contributed by atoms with E-state index in [4.69, 9.17) is 0 Å². The molecule has 0 amide bonds. The molecule has 0 saturated heterocycles. The fraction of sp³-hybridized carbons (Fsp3) is 0.0408. The number of rotatable bonds is 7. The molecule has 8 rings (SSSR count). The van der Waals surface area contributed by atoms with E-state index in [2.05, 4.69) is 17.2 Å². The van der Waals surface area contributed by atoms with Crippen LogP contribution in [0.4, 0.5) is 87.8 Å². The van der Waals surface area contributed by atoms with E-state index >= 15 is 35.1 Å². The average molecular weight is 1060 g/mol. The average Bonchev–Trinajstić information content (AvgIpc) is 3.37. The molecule has 0 bridgehead atoms. The third kappa shape index (κ3) is 8.71. The highest BCUT2D eigenvalue weighted by Crippen LogP contribution is 2.32. The van der Waals surface area contributed by atoms with Gasteiger partial charge in [0.1, 0.15) is 58.9 Å². The van der Waals surface area contributed by atoms with E-state index in [9.17, 15) is 61.7 Å². The van der Waals surface area contributed by atoms with E-state index in [1.807, 2.05) is 78.9 Å². The van der Waals surface area contributed by atoms with Gasteiger partial charge in [-0.3, -0.25) is 4.79 Å². The van der Waals surface area contributed by atoms with Crippen LogP contribution < -0.4 is 21.9 Å². The first-order valence-corrected chi connectivity index (χ1v) is 22.1. The maximum atomic E-state index is 15.4. The minimum Gasteiger partial charge on any atom is -0.289 e. The zero-order valence-electron chi connectivity index (χ0n) is 35.7. The van der Waals surface area contributed by atoms with Crippen LogP contribution in [0.25, 0.3) is 21.5 Å². The van der Waals surface area contributed by atoms with Gasteiger partial charge in [0.15, 0.2) is 90.7 Å². The smallest absolute Gasteiger partial charge is 0.214 e. The number of hydrogen-bond acceptors (Lipinski definition) is 2. The van der Waals surface area contributed by atoms with Gasteiger partial charge in [0.25, 0.3) is 0 Å². The molecule has 0 aliphatic rings. The van der Waals surface area contributed by atoms with Crippen LogP contribution in [-0.2, 0) is 14.1 Å². The van der Waals surface area contributed by atoms with Crippen LogP contribution >= 0.6 is 0 Å². The first-order valence-electron chi connectivity index (χ1n) is 20.0. The highest BCUT2D eigenvalue weighted by atomic mass is 32.2. The van der Waals surface area contributed by atoms with Crippen molar-refractivity contribution in [3.05, 3.63) is 212 Å². The van der Waals surface area contributed by atoms with Crippen LogP contribution in [-0.4, -0.2) is 23.9 Å². The molecule has 0 spiro atoms. The third-order valence-electron chi connectivity index (χ3n) is 11.3. The summed E-state index contributed by atoms with van der Waals surface area (Å²) in [6.45, 7) is 0. The highest BCUT2D eigenvalue weighted by Gasteiger charge is 2.52. The van der Waals surface area contributed by atoms with E-state index in [1.54, 1.807) is 6.26 Å². The Kier molecular flexibility index (Phi) is 14.4. The summed E-state index contributed by atoms with van der Waals surface area (Å²) in [7, 11) is -2.63. The minimum atomic E-state index is -7.22. The summed E-state index contributed by atoms with van der Waals surface area (Å²) in [4.78, 5) is 13.3. The largest absolute Gasteiger partial charge is 0.289 e. The lowest BCUT2D eigenvalue weighted by atomic mass is 9.12. The van der Waals surface area contributed by atoms with Crippen LogP contribution in [0, 0.1) is 128 Å². The summed E-state index contributed by atoms with van der Waals surface area (Å²) >= 11 is 0. The zero-order valence-corrected chi connectivity index (χ0v) is 36.5. The van der Waals surface area contributed by atoms with E-state index in [-0.39, 0.29) is 11.5 Å². The van der Waals surface area contributed by atoms with Gasteiger partial charge in [-0.1, -0.05) is 70.9 Å². The molecule has 0 aliphatic carbocycles. The van der Waals surface area contributed by atoms with E-state index < -0.39 is 154 Å². The summed E-state index contributed by atoms with van der Waals surface area (Å²) in [5, 5.41) is 6.61. The first-order chi connectivity index (χ1) is 34.2. The van der Waals surface area contributed by atoms with E-state index in [1.165, 1.54) is 0 Å². The predicted octanol–water partition coefficient (Wildman–Crippen LogP) is 11.2. The number of fused-ring (bicyclic) bond motifs is 2. The molecule has 8 aromatic carbocycles. The van der Waals surface area contributed by atoms with Gasteiger partial charge in [-0.25, -0.2) is 87.8 Å². The SMILES string of the molecule is C[S+](=O)(C#Cc1ccccc1)CC(=O)c1c2ccccc2cc2ccccc12.Fc1c(F)c(F)c([B-](c2c(F)c(F)c(F)c(F)c2F)(c2c(F)c(F)c(F)c(F)c2F)c2c(F)c(F)c(F)c(F)c2F)c(F)c1F. The molecule has 376 valence electrons. The number of carbonyl (C=O) groups excluding carboxylic acids is 1. The second-order valence-electron chi connectivity index (χ2n) is 15.7. The Balaban J connectivity index is 0.000000237. The number of hydrogen-bond donors (Lipinski definition) is 0. The Morgan fingerprint density at radius 3 is 0.959 bits per heavy atom.